The lowest BCUT2D eigenvalue weighted by atomic mass is 10.0. The van der Waals surface area contributed by atoms with E-state index in [-0.39, 0.29) is 6.42 Å². The Bertz CT molecular complexity index is 236. The van der Waals surface area contributed by atoms with Crippen molar-refractivity contribution in [3.8, 4) is 0 Å². The van der Waals surface area contributed by atoms with Crippen molar-refractivity contribution in [1.29, 1.82) is 0 Å². The number of nitrogens with one attached hydrogen (secondary N) is 2. The molecule has 6 N–H and O–H groups in total. The number of hydrogen-bond acceptors (Lipinski definition) is 6. The number of rotatable bonds is 5. The molecule has 0 aliphatic carbocycles. The molecule has 0 aromatic carbocycles. The number of aliphatic hydroxyl groups excluding tert-OH is 4. The van der Waals surface area contributed by atoms with Gasteiger partial charge in [-0.2, -0.15) is 0 Å². The molecule has 0 saturated carbocycles. The van der Waals surface area contributed by atoms with Crippen LogP contribution in [0.3, 0.4) is 0 Å². The zero-order chi connectivity index (χ0) is 12.2. The fourth-order valence-electron chi connectivity index (χ4n) is 1.53. The summed E-state index contributed by atoms with van der Waals surface area (Å²) in [5.41, 5.74) is -1.41. The van der Waals surface area contributed by atoms with Crippen molar-refractivity contribution < 1.29 is 25.2 Å². The van der Waals surface area contributed by atoms with Gasteiger partial charge in [-0.25, -0.2) is 0 Å². The maximum absolute atomic E-state index is 11.7. The van der Waals surface area contributed by atoms with Crippen molar-refractivity contribution in [2.24, 2.45) is 0 Å². The minimum atomic E-state index is -1.41. The Morgan fingerprint density at radius 1 is 1.31 bits per heavy atom. The second-order valence-electron chi connectivity index (χ2n) is 4.09. The first-order valence-electron chi connectivity index (χ1n) is 5.13. The molecule has 1 amide bonds. The average Bonchev–Trinajstić information content (AvgIpc) is 2.73. The molecule has 1 fully saturated rings. The van der Waals surface area contributed by atoms with E-state index in [0.717, 1.165) is 0 Å². The molecular weight excluding hydrogens is 216 g/mol. The lowest BCUT2D eigenvalue weighted by Crippen LogP contribution is -2.60. The van der Waals surface area contributed by atoms with Gasteiger partial charge in [-0.05, 0) is 6.42 Å². The minimum Gasteiger partial charge on any atom is -0.394 e. The molecule has 16 heavy (non-hydrogen) atoms. The third-order valence-corrected chi connectivity index (χ3v) is 2.72. The lowest BCUT2D eigenvalue weighted by molar-refractivity contribution is -0.127. The molecule has 2 unspecified atom stereocenters. The van der Waals surface area contributed by atoms with Gasteiger partial charge in [-0.1, -0.05) is 0 Å². The van der Waals surface area contributed by atoms with E-state index in [2.05, 4.69) is 10.6 Å². The molecule has 1 aliphatic heterocycles. The molecule has 94 valence electrons. The van der Waals surface area contributed by atoms with E-state index >= 15 is 0 Å². The van der Waals surface area contributed by atoms with Crippen LogP contribution in [0.25, 0.3) is 0 Å². The Hall–Kier alpha value is -0.730. The lowest BCUT2D eigenvalue weighted by Gasteiger charge is -2.29. The van der Waals surface area contributed by atoms with Crippen LogP contribution >= 0.6 is 0 Å². The van der Waals surface area contributed by atoms with E-state index in [1.807, 2.05) is 0 Å². The SMILES string of the molecule is O=C(NC(CO)(CO)CO)C1CC(O)CN1. The van der Waals surface area contributed by atoms with Crippen molar-refractivity contribution >= 4 is 5.91 Å². The van der Waals surface area contributed by atoms with Gasteiger partial charge < -0.3 is 31.1 Å². The molecule has 2 atom stereocenters. The fraction of sp³-hybridized carbons (Fsp3) is 0.889. The Balaban J connectivity index is 2.55. The normalized spacial score (nSPS) is 25.8. The van der Waals surface area contributed by atoms with Crippen LogP contribution in [-0.2, 0) is 4.79 Å². The van der Waals surface area contributed by atoms with Crippen LogP contribution in [0.4, 0.5) is 0 Å². The second kappa shape index (κ2) is 5.55. The Morgan fingerprint density at radius 3 is 2.25 bits per heavy atom. The van der Waals surface area contributed by atoms with Crippen LogP contribution in [0.2, 0.25) is 0 Å². The first-order chi connectivity index (χ1) is 7.56. The van der Waals surface area contributed by atoms with E-state index in [0.29, 0.717) is 6.54 Å². The van der Waals surface area contributed by atoms with Gasteiger partial charge in [0.15, 0.2) is 0 Å². The van der Waals surface area contributed by atoms with Crippen molar-refractivity contribution in [2.75, 3.05) is 26.4 Å². The largest absolute Gasteiger partial charge is 0.394 e. The summed E-state index contributed by atoms with van der Waals surface area (Å²) in [6, 6.07) is -0.556. The monoisotopic (exact) mass is 234 g/mol. The van der Waals surface area contributed by atoms with E-state index in [9.17, 15) is 9.90 Å². The number of β-amino-alcohol motifs (C(OH)–C–C–N with tert-alkyl or cyclic N) is 1. The van der Waals surface area contributed by atoms with Gasteiger partial charge in [0.2, 0.25) is 5.91 Å². The molecule has 1 aliphatic rings. The fourth-order valence-corrected chi connectivity index (χ4v) is 1.53. The Labute approximate surface area is 93.1 Å². The molecule has 0 radical (unpaired) electrons. The van der Waals surface area contributed by atoms with E-state index in [1.54, 1.807) is 0 Å². The number of amides is 1. The summed E-state index contributed by atoms with van der Waals surface area (Å²) in [5.74, 6) is -0.450. The molecule has 1 saturated heterocycles. The van der Waals surface area contributed by atoms with E-state index < -0.39 is 43.4 Å². The van der Waals surface area contributed by atoms with Crippen LogP contribution in [0.15, 0.2) is 0 Å². The first-order valence-corrected chi connectivity index (χ1v) is 5.13. The molecule has 1 heterocycles. The van der Waals surface area contributed by atoms with Crippen molar-refractivity contribution in [2.45, 2.75) is 24.1 Å². The minimum absolute atomic E-state index is 0.282. The zero-order valence-electron chi connectivity index (χ0n) is 8.89. The van der Waals surface area contributed by atoms with Gasteiger partial charge in [0.05, 0.1) is 32.0 Å². The van der Waals surface area contributed by atoms with Gasteiger partial charge in [-0.15, -0.1) is 0 Å². The smallest absolute Gasteiger partial charge is 0.237 e. The van der Waals surface area contributed by atoms with Crippen LogP contribution in [0, 0.1) is 0 Å². The standard InChI is InChI=1S/C9H18N2O5/c12-3-9(4-13,5-14)11-8(16)7-1-6(15)2-10-7/h6-7,10,12-15H,1-5H2,(H,11,16). The van der Waals surface area contributed by atoms with Crippen LogP contribution in [-0.4, -0.2) is 70.4 Å². The predicted molar refractivity (Wildman–Crippen MR) is 54.5 cm³/mol. The van der Waals surface area contributed by atoms with Crippen LogP contribution in [0.1, 0.15) is 6.42 Å². The molecule has 1 rings (SSSR count). The molecule has 7 nitrogen and oxygen atoms in total. The summed E-state index contributed by atoms with van der Waals surface area (Å²) < 4.78 is 0. The van der Waals surface area contributed by atoms with E-state index in [1.165, 1.54) is 0 Å². The maximum Gasteiger partial charge on any atom is 0.237 e. The summed E-state index contributed by atoms with van der Waals surface area (Å²) in [6.45, 7) is -1.33. The highest BCUT2D eigenvalue weighted by Crippen LogP contribution is 2.09. The summed E-state index contributed by atoms with van der Waals surface area (Å²) in [4.78, 5) is 11.7. The Morgan fingerprint density at radius 2 is 1.88 bits per heavy atom. The topological polar surface area (TPSA) is 122 Å². The van der Waals surface area contributed by atoms with Crippen LogP contribution < -0.4 is 10.6 Å². The summed E-state index contributed by atoms with van der Waals surface area (Å²) in [6.07, 6.45) is -0.285. The van der Waals surface area contributed by atoms with Gasteiger partial charge in [0.1, 0.15) is 5.54 Å². The number of hydrogen-bond donors (Lipinski definition) is 6. The van der Waals surface area contributed by atoms with Gasteiger partial charge in [0, 0.05) is 6.54 Å². The Kier molecular flexibility index (Phi) is 4.63. The molecule has 0 spiro atoms. The number of carbonyl (C=O) groups is 1. The summed E-state index contributed by atoms with van der Waals surface area (Å²) >= 11 is 0. The quantitative estimate of drug-likeness (QED) is 0.294. The first kappa shape index (κ1) is 13.3. The molecule has 0 aromatic heterocycles. The van der Waals surface area contributed by atoms with Crippen molar-refractivity contribution in [1.82, 2.24) is 10.6 Å². The highest BCUT2D eigenvalue weighted by Gasteiger charge is 2.35. The van der Waals surface area contributed by atoms with Gasteiger partial charge in [0.25, 0.3) is 0 Å². The zero-order valence-corrected chi connectivity index (χ0v) is 8.89. The molecular formula is C9H18N2O5. The van der Waals surface area contributed by atoms with Gasteiger partial charge in [-0.3, -0.25) is 4.79 Å². The highest BCUT2D eigenvalue weighted by molar-refractivity contribution is 5.83. The predicted octanol–water partition coefficient (Wildman–Crippen LogP) is -3.46. The van der Waals surface area contributed by atoms with Gasteiger partial charge >= 0.3 is 0 Å². The van der Waals surface area contributed by atoms with Crippen LogP contribution in [0.5, 0.6) is 0 Å². The summed E-state index contributed by atoms with van der Waals surface area (Å²) in [5, 5.41) is 41.4. The highest BCUT2D eigenvalue weighted by atomic mass is 16.3. The third kappa shape index (κ3) is 2.89. The molecule has 0 aromatic rings. The number of carbonyl (C=O) groups excluding carboxylic acids is 1. The van der Waals surface area contributed by atoms with Crippen molar-refractivity contribution in [3.05, 3.63) is 0 Å². The van der Waals surface area contributed by atoms with E-state index in [4.69, 9.17) is 15.3 Å². The second-order valence-corrected chi connectivity index (χ2v) is 4.09. The third-order valence-electron chi connectivity index (χ3n) is 2.72. The maximum atomic E-state index is 11.7. The molecule has 0 bridgehead atoms. The molecule has 7 heteroatoms. The summed E-state index contributed by atoms with van der Waals surface area (Å²) in [7, 11) is 0. The number of aliphatic hydroxyl groups is 4. The average molecular weight is 234 g/mol. The van der Waals surface area contributed by atoms with Crippen molar-refractivity contribution in [3.63, 3.8) is 0 Å².